The molecule has 0 aliphatic heterocycles. The normalized spacial score (nSPS) is 13.8. The van der Waals surface area contributed by atoms with Crippen molar-refractivity contribution in [3.63, 3.8) is 0 Å². The molecule has 1 unspecified atom stereocenters. The summed E-state index contributed by atoms with van der Waals surface area (Å²) in [6.45, 7) is 1.94. The summed E-state index contributed by atoms with van der Waals surface area (Å²) in [7, 11) is 1.80. The van der Waals surface area contributed by atoms with Gasteiger partial charge in [-0.2, -0.15) is 13.2 Å². The molecule has 5 heteroatoms. The lowest BCUT2D eigenvalue weighted by Crippen LogP contribution is -2.24. The maximum Gasteiger partial charge on any atom is 0.416 e. The van der Waals surface area contributed by atoms with Crippen molar-refractivity contribution in [2.75, 3.05) is 12.8 Å². The molecule has 0 saturated carbocycles. The van der Waals surface area contributed by atoms with Crippen LogP contribution < -0.4 is 11.1 Å². The number of alkyl halides is 3. The van der Waals surface area contributed by atoms with E-state index in [0.29, 0.717) is 6.42 Å². The fraction of sp³-hybridized carbons (Fsp3) is 0.455. The van der Waals surface area contributed by atoms with Crippen LogP contribution in [0.3, 0.4) is 0 Å². The van der Waals surface area contributed by atoms with Gasteiger partial charge in [-0.3, -0.25) is 0 Å². The monoisotopic (exact) mass is 232 g/mol. The molecule has 0 amide bonds. The molecule has 16 heavy (non-hydrogen) atoms. The number of rotatable bonds is 3. The standard InChI is InChI=1S/C11H15F3N2/c1-7(16-2)5-8-3-4-9(6-10(8)15)11(12,13)14/h3-4,6-7,16H,5,15H2,1-2H3. The molecule has 0 heterocycles. The second kappa shape index (κ2) is 4.74. The summed E-state index contributed by atoms with van der Waals surface area (Å²) >= 11 is 0. The molecule has 0 saturated heterocycles. The van der Waals surface area contributed by atoms with Crippen molar-refractivity contribution < 1.29 is 13.2 Å². The van der Waals surface area contributed by atoms with Gasteiger partial charge >= 0.3 is 6.18 Å². The second-order valence-corrected chi connectivity index (χ2v) is 3.81. The first kappa shape index (κ1) is 12.8. The summed E-state index contributed by atoms with van der Waals surface area (Å²) in [5.74, 6) is 0. The van der Waals surface area contributed by atoms with E-state index >= 15 is 0 Å². The lowest BCUT2D eigenvalue weighted by atomic mass is 10.0. The van der Waals surface area contributed by atoms with Crippen molar-refractivity contribution in [3.05, 3.63) is 29.3 Å². The number of hydrogen-bond acceptors (Lipinski definition) is 2. The van der Waals surface area contributed by atoms with Gasteiger partial charge in [0.25, 0.3) is 0 Å². The van der Waals surface area contributed by atoms with Crippen LogP contribution in [0.25, 0.3) is 0 Å². The number of nitrogen functional groups attached to an aromatic ring is 1. The Labute approximate surface area is 92.6 Å². The number of halogens is 3. The van der Waals surface area contributed by atoms with Crippen LogP contribution >= 0.6 is 0 Å². The Morgan fingerprint density at radius 1 is 1.38 bits per heavy atom. The average Bonchev–Trinajstić information content (AvgIpc) is 2.19. The summed E-state index contributed by atoms with van der Waals surface area (Å²) in [5, 5.41) is 3.01. The van der Waals surface area contributed by atoms with Crippen molar-refractivity contribution >= 4 is 5.69 Å². The molecule has 0 radical (unpaired) electrons. The topological polar surface area (TPSA) is 38.0 Å². The highest BCUT2D eigenvalue weighted by Crippen LogP contribution is 2.31. The Morgan fingerprint density at radius 2 is 2.00 bits per heavy atom. The van der Waals surface area contributed by atoms with E-state index in [9.17, 15) is 13.2 Å². The Hall–Kier alpha value is -1.23. The highest BCUT2D eigenvalue weighted by atomic mass is 19.4. The lowest BCUT2D eigenvalue weighted by Gasteiger charge is -2.14. The molecule has 90 valence electrons. The summed E-state index contributed by atoms with van der Waals surface area (Å²) in [4.78, 5) is 0. The highest BCUT2D eigenvalue weighted by Gasteiger charge is 2.30. The van der Waals surface area contributed by atoms with Crippen LogP contribution in [-0.2, 0) is 12.6 Å². The first-order chi connectivity index (χ1) is 7.34. The molecule has 1 aromatic carbocycles. The van der Waals surface area contributed by atoms with Crippen molar-refractivity contribution in [2.24, 2.45) is 0 Å². The first-order valence-electron chi connectivity index (χ1n) is 4.97. The molecule has 0 aliphatic rings. The maximum atomic E-state index is 12.4. The zero-order valence-corrected chi connectivity index (χ0v) is 9.23. The van der Waals surface area contributed by atoms with E-state index in [2.05, 4.69) is 5.32 Å². The first-order valence-corrected chi connectivity index (χ1v) is 4.97. The van der Waals surface area contributed by atoms with Crippen LogP contribution in [0.1, 0.15) is 18.1 Å². The van der Waals surface area contributed by atoms with Crippen molar-refractivity contribution in [1.82, 2.24) is 5.32 Å². The summed E-state index contributed by atoms with van der Waals surface area (Å²) < 4.78 is 37.1. The number of hydrogen-bond donors (Lipinski definition) is 2. The van der Waals surface area contributed by atoms with E-state index < -0.39 is 11.7 Å². The number of anilines is 1. The van der Waals surface area contributed by atoms with Crippen molar-refractivity contribution in [3.8, 4) is 0 Å². The van der Waals surface area contributed by atoms with Crippen LogP contribution in [0.2, 0.25) is 0 Å². The number of nitrogens with one attached hydrogen (secondary N) is 1. The highest BCUT2D eigenvalue weighted by molar-refractivity contribution is 5.50. The molecule has 0 spiro atoms. The summed E-state index contributed by atoms with van der Waals surface area (Å²) in [5.41, 5.74) is 5.81. The molecule has 0 fully saturated rings. The third-order valence-corrected chi connectivity index (χ3v) is 2.49. The Balaban J connectivity index is 2.92. The third kappa shape index (κ3) is 3.13. The predicted octanol–water partition coefficient (Wildman–Crippen LogP) is 2.44. The van der Waals surface area contributed by atoms with Gasteiger partial charge < -0.3 is 11.1 Å². The third-order valence-electron chi connectivity index (χ3n) is 2.49. The zero-order chi connectivity index (χ0) is 12.3. The average molecular weight is 232 g/mol. The van der Waals surface area contributed by atoms with Gasteiger partial charge in [0.2, 0.25) is 0 Å². The Kier molecular flexibility index (Phi) is 3.80. The van der Waals surface area contributed by atoms with E-state index in [4.69, 9.17) is 5.73 Å². The zero-order valence-electron chi connectivity index (χ0n) is 9.23. The van der Waals surface area contributed by atoms with Crippen LogP contribution in [0, 0.1) is 0 Å². The summed E-state index contributed by atoms with van der Waals surface area (Å²) in [6, 6.07) is 3.66. The van der Waals surface area contributed by atoms with Gasteiger partial charge in [-0.15, -0.1) is 0 Å². The number of likely N-dealkylation sites (N-methyl/N-ethyl adjacent to an activating group) is 1. The Morgan fingerprint density at radius 3 is 2.44 bits per heavy atom. The minimum atomic E-state index is -4.33. The Bertz CT molecular complexity index is 361. The van der Waals surface area contributed by atoms with E-state index in [0.717, 1.165) is 17.7 Å². The minimum absolute atomic E-state index is 0.180. The molecule has 1 atom stereocenters. The largest absolute Gasteiger partial charge is 0.416 e. The van der Waals surface area contributed by atoms with E-state index in [-0.39, 0.29) is 11.7 Å². The second-order valence-electron chi connectivity index (χ2n) is 3.81. The van der Waals surface area contributed by atoms with E-state index in [1.54, 1.807) is 7.05 Å². The maximum absolute atomic E-state index is 12.4. The van der Waals surface area contributed by atoms with E-state index in [1.807, 2.05) is 6.92 Å². The predicted molar refractivity (Wildman–Crippen MR) is 58.1 cm³/mol. The van der Waals surface area contributed by atoms with Crippen LogP contribution in [0.4, 0.5) is 18.9 Å². The molecule has 2 nitrogen and oxygen atoms in total. The minimum Gasteiger partial charge on any atom is -0.398 e. The van der Waals surface area contributed by atoms with Gasteiger partial charge in [0.1, 0.15) is 0 Å². The van der Waals surface area contributed by atoms with Crippen LogP contribution in [-0.4, -0.2) is 13.1 Å². The molecule has 1 aromatic rings. The number of nitrogens with two attached hydrogens (primary N) is 1. The molecule has 1 rings (SSSR count). The fourth-order valence-corrected chi connectivity index (χ4v) is 1.39. The van der Waals surface area contributed by atoms with Gasteiger partial charge in [-0.1, -0.05) is 6.07 Å². The number of benzene rings is 1. The van der Waals surface area contributed by atoms with Crippen molar-refractivity contribution in [1.29, 1.82) is 0 Å². The van der Waals surface area contributed by atoms with Gasteiger partial charge in [-0.25, -0.2) is 0 Å². The molecule has 3 N–H and O–H groups in total. The quantitative estimate of drug-likeness (QED) is 0.785. The van der Waals surface area contributed by atoms with Gasteiger partial charge in [-0.05, 0) is 38.1 Å². The van der Waals surface area contributed by atoms with E-state index in [1.165, 1.54) is 6.07 Å². The van der Waals surface area contributed by atoms with Crippen LogP contribution in [0.15, 0.2) is 18.2 Å². The smallest absolute Gasteiger partial charge is 0.398 e. The van der Waals surface area contributed by atoms with Crippen molar-refractivity contribution in [2.45, 2.75) is 25.6 Å². The molecule has 0 aromatic heterocycles. The van der Waals surface area contributed by atoms with Gasteiger partial charge in [0, 0.05) is 11.7 Å². The van der Waals surface area contributed by atoms with Gasteiger partial charge in [0.15, 0.2) is 0 Å². The van der Waals surface area contributed by atoms with Gasteiger partial charge in [0.05, 0.1) is 5.56 Å². The summed E-state index contributed by atoms with van der Waals surface area (Å²) in [6.07, 6.45) is -3.72. The molecule has 0 aliphatic carbocycles. The fourth-order valence-electron chi connectivity index (χ4n) is 1.39. The molecular weight excluding hydrogens is 217 g/mol. The lowest BCUT2D eigenvalue weighted by molar-refractivity contribution is -0.137. The SMILES string of the molecule is CNC(C)Cc1ccc(C(F)(F)F)cc1N. The molecular formula is C11H15F3N2. The van der Waals surface area contributed by atoms with Crippen LogP contribution in [0.5, 0.6) is 0 Å². The molecule has 0 bridgehead atoms.